The quantitative estimate of drug-likeness (QED) is 0.248. The lowest BCUT2D eigenvalue weighted by molar-refractivity contribution is -0.927. The molecule has 0 amide bonds. The monoisotopic (exact) mass is 357 g/mol. The number of nitrogens with zero attached hydrogens (tertiary/aromatic N) is 1. The number of unbranched alkanes of at least 4 members (excludes halogenated alkanes) is 6. The second-order valence-corrected chi connectivity index (χ2v) is 5.33. The summed E-state index contributed by atoms with van der Waals surface area (Å²) in [6, 6.07) is 0. The maximum absolute atomic E-state index is 9.46. The standard InChI is InChI=1S/C14H32NO.HI/c1-4-6-8-9-11-13-15(3,14-16)12-10-7-5-2;/h16H,4-14H2,1-3H3;1H/q+1;/p-1. The summed E-state index contributed by atoms with van der Waals surface area (Å²) < 4.78 is 0.853. The highest BCUT2D eigenvalue weighted by Crippen LogP contribution is 2.10. The normalized spacial score (nSPS) is 14.1. The first-order valence-electron chi connectivity index (χ1n) is 7.13. The first kappa shape index (κ1) is 20.0. The molecule has 0 aromatic heterocycles. The Balaban J connectivity index is 0. The van der Waals surface area contributed by atoms with Crippen molar-refractivity contribution >= 4 is 0 Å². The van der Waals surface area contributed by atoms with Crippen molar-refractivity contribution in [3.8, 4) is 0 Å². The number of aliphatic hydroxyl groups excluding tert-OH is 1. The molecule has 106 valence electrons. The summed E-state index contributed by atoms with van der Waals surface area (Å²) >= 11 is 0. The third-order valence-electron chi connectivity index (χ3n) is 3.44. The highest BCUT2D eigenvalue weighted by atomic mass is 127. The first-order valence-corrected chi connectivity index (χ1v) is 7.13. The zero-order valence-corrected chi connectivity index (χ0v) is 14.2. The van der Waals surface area contributed by atoms with E-state index in [4.69, 9.17) is 0 Å². The van der Waals surface area contributed by atoms with Crippen LogP contribution in [0.15, 0.2) is 0 Å². The van der Waals surface area contributed by atoms with Crippen molar-refractivity contribution in [2.75, 3.05) is 26.9 Å². The van der Waals surface area contributed by atoms with Gasteiger partial charge in [0.2, 0.25) is 0 Å². The molecule has 0 radical (unpaired) electrons. The van der Waals surface area contributed by atoms with Gasteiger partial charge in [-0.3, -0.25) is 0 Å². The molecule has 0 spiro atoms. The molecule has 1 unspecified atom stereocenters. The van der Waals surface area contributed by atoms with E-state index in [1.54, 1.807) is 0 Å². The molecule has 0 saturated carbocycles. The maximum atomic E-state index is 9.46. The summed E-state index contributed by atoms with van der Waals surface area (Å²) in [5.41, 5.74) is 0. The van der Waals surface area contributed by atoms with E-state index in [1.165, 1.54) is 51.4 Å². The fraction of sp³-hybridized carbons (Fsp3) is 1.00. The molecular formula is C14H32INO. The predicted octanol–water partition coefficient (Wildman–Crippen LogP) is 0.547. The summed E-state index contributed by atoms with van der Waals surface area (Å²) in [7, 11) is 2.19. The Kier molecular flexibility index (Phi) is 15.4. The van der Waals surface area contributed by atoms with Crippen LogP contribution in [-0.2, 0) is 0 Å². The minimum Gasteiger partial charge on any atom is -1.00 e. The summed E-state index contributed by atoms with van der Waals surface area (Å²) in [5, 5.41) is 9.46. The van der Waals surface area contributed by atoms with E-state index in [1.807, 2.05) is 0 Å². The summed E-state index contributed by atoms with van der Waals surface area (Å²) in [4.78, 5) is 0. The smallest absolute Gasteiger partial charge is 0.180 e. The van der Waals surface area contributed by atoms with Gasteiger partial charge in [0, 0.05) is 0 Å². The van der Waals surface area contributed by atoms with Crippen LogP contribution in [0.1, 0.15) is 65.2 Å². The van der Waals surface area contributed by atoms with Gasteiger partial charge in [0.1, 0.15) is 0 Å². The van der Waals surface area contributed by atoms with Gasteiger partial charge in [-0.25, -0.2) is 0 Å². The molecule has 0 rings (SSSR count). The van der Waals surface area contributed by atoms with Crippen LogP contribution < -0.4 is 24.0 Å². The minimum absolute atomic E-state index is 0. The number of rotatable bonds is 11. The molecule has 17 heavy (non-hydrogen) atoms. The molecule has 1 atom stereocenters. The Hall–Kier alpha value is 0.650. The van der Waals surface area contributed by atoms with Gasteiger partial charge in [0.05, 0.1) is 20.1 Å². The van der Waals surface area contributed by atoms with E-state index in [0.29, 0.717) is 6.73 Å². The lowest BCUT2D eigenvalue weighted by Crippen LogP contribution is -3.00. The number of halogens is 1. The molecule has 0 heterocycles. The Morgan fingerprint density at radius 1 is 0.765 bits per heavy atom. The second-order valence-electron chi connectivity index (χ2n) is 5.33. The second kappa shape index (κ2) is 13.1. The fourth-order valence-electron chi connectivity index (χ4n) is 2.09. The minimum atomic E-state index is 0. The zero-order chi connectivity index (χ0) is 12.3. The number of quaternary nitrogens is 1. The van der Waals surface area contributed by atoms with Gasteiger partial charge < -0.3 is 33.6 Å². The maximum Gasteiger partial charge on any atom is 0.180 e. The molecule has 0 aliphatic heterocycles. The first-order chi connectivity index (χ1) is 7.68. The molecule has 0 saturated heterocycles. The third-order valence-corrected chi connectivity index (χ3v) is 3.44. The lowest BCUT2D eigenvalue weighted by Gasteiger charge is -2.32. The Bertz CT molecular complexity index is 155. The van der Waals surface area contributed by atoms with E-state index in [-0.39, 0.29) is 24.0 Å². The molecule has 0 aromatic rings. The SMILES string of the molecule is CCCCCCC[N+](C)(CO)CCCCC.[I-]. The third kappa shape index (κ3) is 11.5. The van der Waals surface area contributed by atoms with Crippen molar-refractivity contribution in [1.82, 2.24) is 0 Å². The van der Waals surface area contributed by atoms with Gasteiger partial charge in [-0.05, 0) is 25.7 Å². The van der Waals surface area contributed by atoms with Gasteiger partial charge >= 0.3 is 0 Å². The summed E-state index contributed by atoms with van der Waals surface area (Å²) in [5.74, 6) is 0. The largest absolute Gasteiger partial charge is 1.00 e. The van der Waals surface area contributed by atoms with Crippen LogP contribution in [-0.4, -0.2) is 36.5 Å². The van der Waals surface area contributed by atoms with Gasteiger partial charge in [-0.15, -0.1) is 0 Å². The van der Waals surface area contributed by atoms with Crippen molar-refractivity contribution in [3.63, 3.8) is 0 Å². The molecule has 0 bridgehead atoms. The lowest BCUT2D eigenvalue weighted by atomic mass is 10.1. The zero-order valence-electron chi connectivity index (χ0n) is 12.1. The van der Waals surface area contributed by atoms with E-state index >= 15 is 0 Å². The van der Waals surface area contributed by atoms with E-state index in [2.05, 4.69) is 20.9 Å². The van der Waals surface area contributed by atoms with E-state index < -0.39 is 0 Å². The van der Waals surface area contributed by atoms with Gasteiger partial charge in [-0.1, -0.05) is 39.5 Å². The Morgan fingerprint density at radius 3 is 1.65 bits per heavy atom. The molecular weight excluding hydrogens is 325 g/mol. The van der Waals surface area contributed by atoms with Crippen molar-refractivity contribution in [2.45, 2.75) is 65.2 Å². The van der Waals surface area contributed by atoms with Crippen molar-refractivity contribution in [3.05, 3.63) is 0 Å². The van der Waals surface area contributed by atoms with Crippen LogP contribution in [0.5, 0.6) is 0 Å². The van der Waals surface area contributed by atoms with E-state index in [0.717, 1.165) is 17.6 Å². The van der Waals surface area contributed by atoms with Crippen LogP contribution >= 0.6 is 0 Å². The summed E-state index contributed by atoms with van der Waals surface area (Å²) in [6.07, 6.45) is 10.4. The van der Waals surface area contributed by atoms with Crippen molar-refractivity contribution in [2.24, 2.45) is 0 Å². The van der Waals surface area contributed by atoms with Crippen LogP contribution in [0, 0.1) is 0 Å². The predicted molar refractivity (Wildman–Crippen MR) is 71.3 cm³/mol. The average molecular weight is 357 g/mol. The van der Waals surface area contributed by atoms with Crippen molar-refractivity contribution < 1.29 is 33.6 Å². The Labute approximate surface area is 125 Å². The number of aliphatic hydroxyl groups is 1. The molecule has 3 heteroatoms. The molecule has 2 nitrogen and oxygen atoms in total. The van der Waals surface area contributed by atoms with Crippen molar-refractivity contribution in [1.29, 1.82) is 0 Å². The van der Waals surface area contributed by atoms with Crippen LogP contribution in [0.4, 0.5) is 0 Å². The topological polar surface area (TPSA) is 20.2 Å². The Morgan fingerprint density at radius 2 is 1.18 bits per heavy atom. The van der Waals surface area contributed by atoms with Crippen LogP contribution in [0.25, 0.3) is 0 Å². The number of hydrogen-bond donors (Lipinski definition) is 1. The average Bonchev–Trinajstić information content (AvgIpc) is 2.29. The van der Waals surface area contributed by atoms with Crippen LogP contribution in [0.2, 0.25) is 0 Å². The number of hydrogen-bond acceptors (Lipinski definition) is 1. The molecule has 0 aromatic carbocycles. The fourth-order valence-corrected chi connectivity index (χ4v) is 2.09. The molecule has 1 N–H and O–H groups in total. The summed E-state index contributed by atoms with van der Waals surface area (Å²) in [6.45, 7) is 7.06. The highest BCUT2D eigenvalue weighted by molar-refractivity contribution is 4.44. The van der Waals surface area contributed by atoms with Gasteiger partial charge in [0.15, 0.2) is 6.73 Å². The molecule has 0 aliphatic rings. The van der Waals surface area contributed by atoms with Crippen LogP contribution in [0.3, 0.4) is 0 Å². The molecule has 0 fully saturated rings. The molecule has 0 aliphatic carbocycles. The van der Waals surface area contributed by atoms with Gasteiger partial charge in [-0.2, -0.15) is 0 Å². The van der Waals surface area contributed by atoms with Gasteiger partial charge in [0.25, 0.3) is 0 Å². The van der Waals surface area contributed by atoms with E-state index in [9.17, 15) is 5.11 Å². The highest BCUT2D eigenvalue weighted by Gasteiger charge is 2.18.